The second kappa shape index (κ2) is 9.15. The number of carbonyl (C=O) groups excluding carboxylic acids is 1. The smallest absolute Gasteiger partial charge is 0.251 e. The lowest BCUT2D eigenvalue weighted by Gasteiger charge is -2.08. The summed E-state index contributed by atoms with van der Waals surface area (Å²) in [6.45, 7) is 0.427. The highest BCUT2D eigenvalue weighted by molar-refractivity contribution is 5.96. The third-order valence-electron chi connectivity index (χ3n) is 5.59. The predicted octanol–water partition coefficient (Wildman–Crippen LogP) is 4.99. The minimum Gasteiger partial charge on any atom is -0.399 e. The summed E-state index contributed by atoms with van der Waals surface area (Å²) in [5, 5.41) is 5.03. The second-order valence-corrected chi connectivity index (χ2v) is 8.04. The van der Waals surface area contributed by atoms with E-state index < -0.39 is 0 Å². The number of nitrogen functional groups attached to an aromatic ring is 1. The van der Waals surface area contributed by atoms with E-state index in [9.17, 15) is 9.18 Å². The Kier molecular flexibility index (Phi) is 5.74. The summed E-state index contributed by atoms with van der Waals surface area (Å²) in [5.41, 5.74) is 10.2. The zero-order valence-corrected chi connectivity index (χ0v) is 18.3. The van der Waals surface area contributed by atoms with Crippen LogP contribution in [0, 0.1) is 5.82 Å². The molecule has 0 aliphatic heterocycles. The van der Waals surface area contributed by atoms with Gasteiger partial charge >= 0.3 is 0 Å². The molecule has 7 heteroatoms. The molecule has 1 amide bonds. The van der Waals surface area contributed by atoms with Crippen LogP contribution in [-0.4, -0.2) is 27.4 Å². The van der Waals surface area contributed by atoms with E-state index in [4.69, 9.17) is 5.73 Å². The Morgan fingerprint density at radius 3 is 2.56 bits per heavy atom. The van der Waals surface area contributed by atoms with E-state index in [1.807, 2.05) is 36.5 Å². The molecule has 2 aromatic heterocycles. The molecule has 0 unspecified atom stereocenters. The average Bonchev–Trinajstić information content (AvgIpc) is 3.35. The number of aromatic nitrogens is 3. The molecule has 0 spiro atoms. The number of pyridine rings is 1. The first kappa shape index (κ1) is 21.3. The number of imidazole rings is 1. The second-order valence-electron chi connectivity index (χ2n) is 8.04. The molecule has 0 aliphatic rings. The Bertz CT molecular complexity index is 1480. The molecule has 0 saturated carbocycles. The number of nitrogens with zero attached hydrogens (tertiary/aromatic N) is 2. The van der Waals surface area contributed by atoms with Crippen molar-refractivity contribution < 1.29 is 9.18 Å². The Morgan fingerprint density at radius 2 is 1.74 bits per heavy atom. The number of fused-ring (bicyclic) bond motifs is 1. The van der Waals surface area contributed by atoms with Gasteiger partial charge in [0.05, 0.1) is 11.9 Å². The average molecular weight is 452 g/mol. The standard InChI is InChI=1S/C27H22FN5O/c28-22-7-5-17(6-8-22)9-10-30-27(34)21-11-20(12-23(29)13-21)25-16-32-26(33-25)24-14-18-3-1-2-4-19(18)15-31-24/h1-8,11-16H,9-10,29H2,(H,30,34)(H,32,33). The number of rotatable bonds is 6. The van der Waals surface area contributed by atoms with Gasteiger partial charge in [-0.25, -0.2) is 9.37 Å². The van der Waals surface area contributed by atoms with Crippen molar-refractivity contribution in [3.63, 3.8) is 0 Å². The van der Waals surface area contributed by atoms with Crippen molar-refractivity contribution in [1.82, 2.24) is 20.3 Å². The van der Waals surface area contributed by atoms with Crippen molar-refractivity contribution >= 4 is 22.4 Å². The highest BCUT2D eigenvalue weighted by Gasteiger charge is 2.12. The van der Waals surface area contributed by atoms with Gasteiger partial charge in [0.15, 0.2) is 5.82 Å². The number of anilines is 1. The third kappa shape index (κ3) is 4.63. The van der Waals surface area contributed by atoms with Crippen LogP contribution >= 0.6 is 0 Å². The Morgan fingerprint density at radius 1 is 0.941 bits per heavy atom. The molecule has 4 N–H and O–H groups in total. The van der Waals surface area contributed by atoms with Crippen molar-refractivity contribution in [1.29, 1.82) is 0 Å². The van der Waals surface area contributed by atoms with Crippen LogP contribution in [0.2, 0.25) is 0 Å². The van der Waals surface area contributed by atoms with Gasteiger partial charge in [0.25, 0.3) is 5.91 Å². The molecule has 0 saturated heterocycles. The number of hydrogen-bond acceptors (Lipinski definition) is 4. The summed E-state index contributed by atoms with van der Waals surface area (Å²) >= 11 is 0. The third-order valence-corrected chi connectivity index (χ3v) is 5.59. The van der Waals surface area contributed by atoms with Crippen molar-refractivity contribution in [3.05, 3.63) is 102 Å². The van der Waals surface area contributed by atoms with Crippen LogP contribution in [-0.2, 0) is 6.42 Å². The van der Waals surface area contributed by atoms with Gasteiger partial charge in [0.1, 0.15) is 11.5 Å². The minimum absolute atomic E-state index is 0.230. The number of benzene rings is 3. The summed E-state index contributed by atoms with van der Waals surface area (Å²) in [6, 6.07) is 21.4. The van der Waals surface area contributed by atoms with Gasteiger partial charge in [0.2, 0.25) is 0 Å². The minimum atomic E-state index is -0.279. The molecule has 2 heterocycles. The molecule has 0 bridgehead atoms. The van der Waals surface area contributed by atoms with E-state index in [2.05, 4.69) is 20.3 Å². The van der Waals surface area contributed by atoms with E-state index in [1.54, 1.807) is 36.5 Å². The molecule has 0 aliphatic carbocycles. The molecule has 0 fully saturated rings. The van der Waals surface area contributed by atoms with Crippen LogP contribution in [0.3, 0.4) is 0 Å². The zero-order chi connectivity index (χ0) is 23.5. The maximum atomic E-state index is 13.0. The van der Waals surface area contributed by atoms with E-state index in [0.29, 0.717) is 30.0 Å². The van der Waals surface area contributed by atoms with Crippen LogP contribution in [0.1, 0.15) is 15.9 Å². The molecule has 0 atom stereocenters. The number of carbonyl (C=O) groups is 1. The lowest BCUT2D eigenvalue weighted by molar-refractivity contribution is 0.0954. The maximum Gasteiger partial charge on any atom is 0.251 e. The fourth-order valence-electron chi connectivity index (χ4n) is 3.82. The molecule has 5 aromatic rings. The number of nitrogens with one attached hydrogen (secondary N) is 2. The van der Waals surface area contributed by atoms with E-state index >= 15 is 0 Å². The molecular formula is C27H22FN5O. The van der Waals surface area contributed by atoms with Crippen LogP contribution < -0.4 is 11.1 Å². The number of halogens is 1. The van der Waals surface area contributed by atoms with Crippen molar-refractivity contribution in [2.75, 3.05) is 12.3 Å². The van der Waals surface area contributed by atoms with Gasteiger partial charge < -0.3 is 16.0 Å². The van der Waals surface area contributed by atoms with E-state index in [0.717, 1.165) is 33.3 Å². The van der Waals surface area contributed by atoms with Gasteiger partial charge in [-0.3, -0.25) is 9.78 Å². The Balaban J connectivity index is 1.32. The highest BCUT2D eigenvalue weighted by Crippen LogP contribution is 2.26. The SMILES string of the molecule is Nc1cc(C(=O)NCCc2ccc(F)cc2)cc(-c2cnc(-c3cc4ccccc4cn3)[nH]2)c1. The van der Waals surface area contributed by atoms with Crippen LogP contribution in [0.15, 0.2) is 85.2 Å². The number of H-pyrrole nitrogens is 1. The fraction of sp³-hybridized carbons (Fsp3) is 0.0741. The first-order valence-electron chi connectivity index (χ1n) is 10.9. The van der Waals surface area contributed by atoms with Crippen LogP contribution in [0.25, 0.3) is 33.5 Å². The highest BCUT2D eigenvalue weighted by atomic mass is 19.1. The monoisotopic (exact) mass is 451 g/mol. The van der Waals surface area contributed by atoms with Crippen molar-refractivity contribution in [2.45, 2.75) is 6.42 Å². The van der Waals surface area contributed by atoms with Gasteiger partial charge in [-0.2, -0.15) is 0 Å². The number of aromatic amines is 1. The first-order valence-corrected chi connectivity index (χ1v) is 10.9. The van der Waals surface area contributed by atoms with Gasteiger partial charge in [0, 0.05) is 34.9 Å². The zero-order valence-electron chi connectivity index (χ0n) is 18.3. The largest absolute Gasteiger partial charge is 0.399 e. The summed E-state index contributed by atoms with van der Waals surface area (Å²) in [4.78, 5) is 25.0. The van der Waals surface area contributed by atoms with Crippen LogP contribution in [0.4, 0.5) is 10.1 Å². The molecular weight excluding hydrogens is 429 g/mol. The maximum absolute atomic E-state index is 13.0. The molecule has 34 heavy (non-hydrogen) atoms. The van der Waals surface area contributed by atoms with Crippen LogP contribution in [0.5, 0.6) is 0 Å². The van der Waals surface area contributed by atoms with Crippen molar-refractivity contribution in [2.24, 2.45) is 0 Å². The molecule has 5 rings (SSSR count). The lowest BCUT2D eigenvalue weighted by Crippen LogP contribution is -2.25. The molecule has 0 radical (unpaired) electrons. The van der Waals surface area contributed by atoms with E-state index in [-0.39, 0.29) is 11.7 Å². The fourth-order valence-corrected chi connectivity index (χ4v) is 3.82. The summed E-state index contributed by atoms with van der Waals surface area (Å²) in [7, 11) is 0. The Hall–Kier alpha value is -4.52. The molecule has 6 nitrogen and oxygen atoms in total. The van der Waals surface area contributed by atoms with Gasteiger partial charge in [-0.15, -0.1) is 0 Å². The summed E-state index contributed by atoms with van der Waals surface area (Å²) in [5.74, 6) is 0.124. The summed E-state index contributed by atoms with van der Waals surface area (Å²) in [6.07, 6.45) is 4.13. The van der Waals surface area contributed by atoms with E-state index in [1.165, 1.54) is 12.1 Å². The topological polar surface area (TPSA) is 96.7 Å². The van der Waals surface area contributed by atoms with Crippen molar-refractivity contribution in [3.8, 4) is 22.8 Å². The number of amides is 1. The normalized spacial score (nSPS) is 11.0. The quantitative estimate of drug-likeness (QED) is 0.317. The predicted molar refractivity (Wildman–Crippen MR) is 132 cm³/mol. The number of hydrogen-bond donors (Lipinski definition) is 3. The molecule has 168 valence electrons. The first-order chi connectivity index (χ1) is 16.5. The summed E-state index contributed by atoms with van der Waals surface area (Å²) < 4.78 is 13.0. The van der Waals surface area contributed by atoms with Gasteiger partial charge in [-0.1, -0.05) is 36.4 Å². The Labute approximate surface area is 195 Å². The van der Waals surface area contributed by atoms with Gasteiger partial charge in [-0.05, 0) is 53.8 Å². The lowest BCUT2D eigenvalue weighted by atomic mass is 10.1. The number of nitrogens with two attached hydrogens (primary N) is 1. The molecule has 3 aromatic carbocycles.